The number of rotatable bonds is 5. The van der Waals surface area contributed by atoms with Gasteiger partial charge in [0.05, 0.1) is 4.92 Å². The van der Waals surface area contributed by atoms with Gasteiger partial charge in [0.1, 0.15) is 17.8 Å². The SMILES string of the molecule is CCNc1ncc([N+](=O)[O-])c(Sc2nc(N)cc(N)n2)n1. The predicted molar refractivity (Wildman–Crippen MR) is 77.8 cm³/mol. The van der Waals surface area contributed by atoms with Crippen molar-refractivity contribution in [3.05, 3.63) is 22.4 Å². The first kappa shape index (κ1) is 14.7. The maximum atomic E-state index is 11.0. The van der Waals surface area contributed by atoms with Gasteiger partial charge in [-0.1, -0.05) is 0 Å². The van der Waals surface area contributed by atoms with Crippen LogP contribution in [0.25, 0.3) is 0 Å². The Kier molecular flexibility index (Phi) is 4.33. The summed E-state index contributed by atoms with van der Waals surface area (Å²) in [5, 5.41) is 14.2. The quantitative estimate of drug-likeness (QED) is 0.313. The molecule has 2 aromatic heterocycles. The topological polar surface area (TPSA) is 159 Å². The second-order valence-corrected chi connectivity index (χ2v) is 4.73. The molecule has 0 atom stereocenters. The van der Waals surface area contributed by atoms with E-state index in [9.17, 15) is 10.1 Å². The Morgan fingerprint density at radius 2 is 2.00 bits per heavy atom. The standard InChI is InChI=1S/C10H12N8O2S/c1-2-13-9-14-4-5(18(19)20)8(17-9)21-10-15-6(11)3-7(12)16-10/h3-4H,2H2,1H3,(H,13,14,17)(H4,11,12,15,16). The van der Waals surface area contributed by atoms with Crippen molar-refractivity contribution in [2.24, 2.45) is 0 Å². The van der Waals surface area contributed by atoms with Gasteiger partial charge >= 0.3 is 5.69 Å². The molecule has 110 valence electrons. The highest BCUT2D eigenvalue weighted by Crippen LogP contribution is 2.32. The number of nitrogen functional groups attached to an aromatic ring is 2. The Labute approximate surface area is 123 Å². The third-order valence-corrected chi connectivity index (χ3v) is 3.06. The lowest BCUT2D eigenvalue weighted by molar-refractivity contribution is -0.388. The monoisotopic (exact) mass is 308 g/mol. The van der Waals surface area contributed by atoms with E-state index < -0.39 is 4.92 Å². The van der Waals surface area contributed by atoms with Crippen molar-refractivity contribution in [3.63, 3.8) is 0 Å². The fourth-order valence-electron chi connectivity index (χ4n) is 1.40. The third-order valence-electron chi connectivity index (χ3n) is 2.20. The van der Waals surface area contributed by atoms with E-state index in [-0.39, 0.29) is 33.5 Å². The zero-order chi connectivity index (χ0) is 15.4. The van der Waals surface area contributed by atoms with Crippen LogP contribution in [0.15, 0.2) is 22.4 Å². The highest BCUT2D eigenvalue weighted by molar-refractivity contribution is 7.99. The van der Waals surface area contributed by atoms with Gasteiger partial charge < -0.3 is 16.8 Å². The Bertz CT molecular complexity index is 660. The first-order chi connectivity index (χ1) is 9.99. The predicted octanol–water partition coefficient (Wildman–Crippen LogP) is 0.922. The summed E-state index contributed by atoms with van der Waals surface area (Å²) >= 11 is 0.896. The Morgan fingerprint density at radius 1 is 1.33 bits per heavy atom. The van der Waals surface area contributed by atoms with Gasteiger partial charge in [0.15, 0.2) is 10.2 Å². The van der Waals surface area contributed by atoms with E-state index in [0.717, 1.165) is 18.0 Å². The molecule has 0 aromatic carbocycles. The molecule has 2 rings (SSSR count). The lowest BCUT2D eigenvalue weighted by atomic mass is 10.5. The molecule has 0 aliphatic rings. The average Bonchev–Trinajstić information content (AvgIpc) is 2.37. The van der Waals surface area contributed by atoms with Crippen LogP contribution in [0.1, 0.15) is 6.92 Å². The number of aromatic nitrogens is 4. The van der Waals surface area contributed by atoms with Crippen LogP contribution in [-0.2, 0) is 0 Å². The molecule has 2 aromatic rings. The van der Waals surface area contributed by atoms with Crippen LogP contribution in [0.4, 0.5) is 23.3 Å². The van der Waals surface area contributed by atoms with Crippen LogP contribution in [0.2, 0.25) is 0 Å². The van der Waals surface area contributed by atoms with Crippen molar-refractivity contribution in [2.75, 3.05) is 23.3 Å². The summed E-state index contributed by atoms with van der Waals surface area (Å²) in [5.74, 6) is 0.629. The Hall–Kier alpha value is -2.69. The minimum atomic E-state index is -0.576. The second-order valence-electron chi connectivity index (χ2n) is 3.77. The van der Waals surface area contributed by atoms with Crippen LogP contribution in [0.5, 0.6) is 0 Å². The fourth-order valence-corrected chi connectivity index (χ4v) is 2.24. The molecule has 0 spiro atoms. The van der Waals surface area contributed by atoms with Gasteiger partial charge in [-0.2, -0.15) is 4.98 Å². The number of anilines is 3. The zero-order valence-electron chi connectivity index (χ0n) is 11.0. The number of hydrogen-bond donors (Lipinski definition) is 3. The van der Waals surface area contributed by atoms with Crippen LogP contribution in [0.3, 0.4) is 0 Å². The molecule has 0 aliphatic heterocycles. The van der Waals surface area contributed by atoms with E-state index in [0.29, 0.717) is 6.54 Å². The zero-order valence-corrected chi connectivity index (χ0v) is 11.8. The first-order valence-corrected chi connectivity index (χ1v) is 6.64. The number of hydrogen-bond acceptors (Lipinski definition) is 10. The summed E-state index contributed by atoms with van der Waals surface area (Å²) in [4.78, 5) is 26.3. The number of nitrogens with one attached hydrogen (secondary N) is 1. The van der Waals surface area contributed by atoms with Crippen molar-refractivity contribution >= 4 is 35.0 Å². The molecule has 0 saturated carbocycles. The van der Waals surface area contributed by atoms with Gasteiger partial charge in [0.25, 0.3) is 0 Å². The fraction of sp³-hybridized carbons (Fsp3) is 0.200. The smallest absolute Gasteiger partial charge is 0.320 e. The molecule has 5 N–H and O–H groups in total. The highest BCUT2D eigenvalue weighted by Gasteiger charge is 2.20. The van der Waals surface area contributed by atoms with Gasteiger partial charge in [0.2, 0.25) is 5.95 Å². The van der Waals surface area contributed by atoms with E-state index in [4.69, 9.17) is 11.5 Å². The van der Waals surface area contributed by atoms with Gasteiger partial charge in [-0.15, -0.1) is 0 Å². The molecule has 2 heterocycles. The lowest BCUT2D eigenvalue weighted by Gasteiger charge is -2.05. The molecule has 0 radical (unpaired) electrons. The van der Waals surface area contributed by atoms with Gasteiger partial charge in [-0.05, 0) is 18.7 Å². The molecule has 11 heteroatoms. The molecule has 0 fully saturated rings. The van der Waals surface area contributed by atoms with Crippen molar-refractivity contribution in [3.8, 4) is 0 Å². The van der Waals surface area contributed by atoms with E-state index in [2.05, 4.69) is 25.3 Å². The third kappa shape index (κ3) is 3.66. The van der Waals surface area contributed by atoms with Crippen LogP contribution in [-0.4, -0.2) is 31.4 Å². The summed E-state index contributed by atoms with van der Waals surface area (Å²) < 4.78 is 0. The largest absolute Gasteiger partial charge is 0.383 e. The Balaban J connectivity index is 2.40. The van der Waals surface area contributed by atoms with Gasteiger partial charge in [0, 0.05) is 12.6 Å². The maximum absolute atomic E-state index is 11.0. The molecule has 10 nitrogen and oxygen atoms in total. The molecule has 0 saturated heterocycles. The van der Waals surface area contributed by atoms with Crippen molar-refractivity contribution in [1.29, 1.82) is 0 Å². The van der Waals surface area contributed by atoms with Crippen molar-refractivity contribution in [2.45, 2.75) is 17.1 Å². The minimum Gasteiger partial charge on any atom is -0.383 e. The van der Waals surface area contributed by atoms with E-state index in [1.807, 2.05) is 6.92 Å². The average molecular weight is 308 g/mol. The number of nitrogens with zero attached hydrogens (tertiary/aromatic N) is 5. The molecule has 21 heavy (non-hydrogen) atoms. The van der Waals surface area contributed by atoms with Gasteiger partial charge in [-0.25, -0.2) is 15.0 Å². The van der Waals surface area contributed by atoms with Crippen LogP contribution >= 0.6 is 11.8 Å². The molecule has 0 unspecified atom stereocenters. The summed E-state index contributed by atoms with van der Waals surface area (Å²) in [6.07, 6.45) is 1.13. The maximum Gasteiger partial charge on any atom is 0.320 e. The molecular weight excluding hydrogens is 296 g/mol. The first-order valence-electron chi connectivity index (χ1n) is 5.82. The van der Waals surface area contributed by atoms with Gasteiger partial charge in [-0.3, -0.25) is 10.1 Å². The van der Waals surface area contributed by atoms with E-state index in [1.165, 1.54) is 6.07 Å². The van der Waals surface area contributed by atoms with Crippen LogP contribution in [0, 0.1) is 10.1 Å². The minimum absolute atomic E-state index is 0.107. The Morgan fingerprint density at radius 3 is 2.57 bits per heavy atom. The van der Waals surface area contributed by atoms with E-state index >= 15 is 0 Å². The summed E-state index contributed by atoms with van der Waals surface area (Å²) in [6, 6.07) is 1.39. The molecule has 0 aliphatic carbocycles. The van der Waals surface area contributed by atoms with E-state index in [1.54, 1.807) is 0 Å². The number of nitro groups is 1. The van der Waals surface area contributed by atoms with Crippen LogP contribution < -0.4 is 16.8 Å². The van der Waals surface area contributed by atoms with Crippen molar-refractivity contribution in [1.82, 2.24) is 19.9 Å². The summed E-state index contributed by atoms with van der Waals surface area (Å²) in [7, 11) is 0. The van der Waals surface area contributed by atoms with Crippen molar-refractivity contribution < 1.29 is 4.92 Å². The highest BCUT2D eigenvalue weighted by atomic mass is 32.2. The number of nitrogens with two attached hydrogens (primary N) is 2. The summed E-state index contributed by atoms with van der Waals surface area (Å²) in [5.41, 5.74) is 10.9. The summed E-state index contributed by atoms with van der Waals surface area (Å²) in [6.45, 7) is 2.45. The normalized spacial score (nSPS) is 10.3. The molecular formula is C10H12N8O2S. The molecule has 0 amide bonds. The molecule has 0 bridgehead atoms. The lowest BCUT2D eigenvalue weighted by Crippen LogP contribution is -2.05. The second kappa shape index (κ2) is 6.17.